The molecule has 4 heteroatoms. The number of nitrogens with zero attached hydrogens (tertiary/aromatic N) is 1. The average Bonchev–Trinajstić information content (AvgIpc) is 2.47. The van der Waals surface area contributed by atoms with Crippen molar-refractivity contribution in [3.05, 3.63) is 59.7 Å². The van der Waals surface area contributed by atoms with E-state index in [1.54, 1.807) is 31.4 Å². The number of nitriles is 1. The Morgan fingerprint density at radius 3 is 2.74 bits per heavy atom. The van der Waals surface area contributed by atoms with Gasteiger partial charge in [-0.25, -0.2) is 0 Å². The standard InChI is InChI=1S/C15H13NO2S/c1-18-14-6-3-7-15(9-14)19(17)11-13-5-2-4-12(8-13)10-16/h2-9H,11H2,1H3. The molecule has 0 spiro atoms. The Labute approximate surface area is 114 Å². The monoisotopic (exact) mass is 271 g/mol. The van der Waals surface area contributed by atoms with Crippen LogP contribution in [0.15, 0.2) is 53.4 Å². The summed E-state index contributed by atoms with van der Waals surface area (Å²) in [5, 5.41) is 8.84. The summed E-state index contributed by atoms with van der Waals surface area (Å²) < 4.78 is 17.4. The molecule has 96 valence electrons. The molecule has 0 heterocycles. The number of hydrogen-bond donors (Lipinski definition) is 0. The van der Waals surface area contributed by atoms with E-state index in [2.05, 4.69) is 6.07 Å². The van der Waals surface area contributed by atoms with Crippen LogP contribution in [0.2, 0.25) is 0 Å². The van der Waals surface area contributed by atoms with Gasteiger partial charge in [0.2, 0.25) is 0 Å². The normalized spacial score (nSPS) is 11.6. The highest BCUT2D eigenvalue weighted by atomic mass is 32.2. The lowest BCUT2D eigenvalue weighted by molar-refractivity contribution is 0.413. The third-order valence-electron chi connectivity index (χ3n) is 2.66. The summed E-state index contributed by atoms with van der Waals surface area (Å²) in [6.07, 6.45) is 0. The highest BCUT2D eigenvalue weighted by Gasteiger charge is 2.07. The highest BCUT2D eigenvalue weighted by Crippen LogP contribution is 2.18. The second-order valence-electron chi connectivity index (χ2n) is 3.98. The molecule has 0 bridgehead atoms. The molecule has 0 amide bonds. The van der Waals surface area contributed by atoms with Crippen LogP contribution in [-0.2, 0) is 16.6 Å². The van der Waals surface area contributed by atoms with Gasteiger partial charge < -0.3 is 4.74 Å². The summed E-state index contributed by atoms with van der Waals surface area (Å²) in [5.74, 6) is 1.08. The fraction of sp³-hybridized carbons (Fsp3) is 0.133. The molecule has 2 aromatic rings. The van der Waals surface area contributed by atoms with Gasteiger partial charge >= 0.3 is 0 Å². The van der Waals surface area contributed by atoms with Gasteiger partial charge in [-0.15, -0.1) is 0 Å². The van der Waals surface area contributed by atoms with Gasteiger partial charge in [0.25, 0.3) is 0 Å². The van der Waals surface area contributed by atoms with Crippen molar-refractivity contribution in [2.75, 3.05) is 7.11 Å². The lowest BCUT2D eigenvalue weighted by Gasteiger charge is -2.05. The van der Waals surface area contributed by atoms with Crippen molar-refractivity contribution in [3.63, 3.8) is 0 Å². The fourth-order valence-corrected chi connectivity index (χ4v) is 2.84. The molecular formula is C15H13NO2S. The summed E-state index contributed by atoms with van der Waals surface area (Å²) in [6, 6.07) is 16.5. The quantitative estimate of drug-likeness (QED) is 0.859. The van der Waals surface area contributed by atoms with Gasteiger partial charge in [0, 0.05) is 4.90 Å². The maximum absolute atomic E-state index is 12.3. The predicted octanol–water partition coefficient (Wildman–Crippen LogP) is 2.87. The molecule has 0 N–H and O–H groups in total. The zero-order chi connectivity index (χ0) is 13.7. The summed E-state index contributed by atoms with van der Waals surface area (Å²) >= 11 is 0. The van der Waals surface area contributed by atoms with E-state index in [1.165, 1.54) is 0 Å². The molecule has 0 aliphatic heterocycles. The van der Waals surface area contributed by atoms with Crippen molar-refractivity contribution < 1.29 is 8.95 Å². The summed E-state index contributed by atoms with van der Waals surface area (Å²) in [7, 11) is 0.436. The second-order valence-corrected chi connectivity index (χ2v) is 5.43. The van der Waals surface area contributed by atoms with Crippen LogP contribution in [0.1, 0.15) is 11.1 Å². The van der Waals surface area contributed by atoms with Crippen LogP contribution in [-0.4, -0.2) is 11.3 Å². The summed E-state index contributed by atoms with van der Waals surface area (Å²) in [6.45, 7) is 0. The molecular weight excluding hydrogens is 258 g/mol. The van der Waals surface area contributed by atoms with E-state index in [0.29, 0.717) is 17.1 Å². The van der Waals surface area contributed by atoms with Crippen LogP contribution >= 0.6 is 0 Å². The minimum Gasteiger partial charge on any atom is -0.497 e. The molecule has 0 aromatic heterocycles. The zero-order valence-electron chi connectivity index (χ0n) is 10.5. The molecule has 19 heavy (non-hydrogen) atoms. The third-order valence-corrected chi connectivity index (χ3v) is 4.03. The first-order valence-corrected chi connectivity index (χ1v) is 7.06. The molecule has 0 fully saturated rings. The van der Waals surface area contributed by atoms with E-state index in [9.17, 15) is 4.21 Å². The molecule has 2 aromatic carbocycles. The number of methoxy groups -OCH3 is 1. The lowest BCUT2D eigenvalue weighted by atomic mass is 10.2. The first-order chi connectivity index (χ1) is 9.22. The minimum absolute atomic E-state index is 0.392. The van der Waals surface area contributed by atoms with Gasteiger partial charge in [0.1, 0.15) is 5.75 Å². The van der Waals surface area contributed by atoms with E-state index in [-0.39, 0.29) is 0 Å². The van der Waals surface area contributed by atoms with Crippen LogP contribution in [0.25, 0.3) is 0 Å². The van der Waals surface area contributed by atoms with Gasteiger partial charge in [-0.2, -0.15) is 5.26 Å². The Kier molecular flexibility index (Phi) is 4.32. The third kappa shape index (κ3) is 3.43. The summed E-state index contributed by atoms with van der Waals surface area (Å²) in [5.41, 5.74) is 1.47. The van der Waals surface area contributed by atoms with E-state index in [4.69, 9.17) is 10.00 Å². The Balaban J connectivity index is 2.18. The van der Waals surface area contributed by atoms with E-state index in [1.807, 2.05) is 24.3 Å². The van der Waals surface area contributed by atoms with Gasteiger partial charge in [-0.05, 0) is 35.9 Å². The maximum atomic E-state index is 12.3. The van der Waals surface area contributed by atoms with Gasteiger partial charge in [-0.3, -0.25) is 4.21 Å². The molecule has 1 unspecified atom stereocenters. The molecule has 2 rings (SSSR count). The number of hydrogen-bond acceptors (Lipinski definition) is 3. The van der Waals surface area contributed by atoms with Crippen LogP contribution in [0.5, 0.6) is 5.75 Å². The highest BCUT2D eigenvalue weighted by molar-refractivity contribution is 7.84. The van der Waals surface area contributed by atoms with Gasteiger partial charge in [-0.1, -0.05) is 18.2 Å². The van der Waals surface area contributed by atoms with Crippen LogP contribution in [0, 0.1) is 11.3 Å². The first kappa shape index (κ1) is 13.3. The summed E-state index contributed by atoms with van der Waals surface area (Å²) in [4.78, 5) is 0.724. The molecule has 3 nitrogen and oxygen atoms in total. The maximum Gasteiger partial charge on any atom is 0.120 e. The topological polar surface area (TPSA) is 50.1 Å². The molecule has 1 atom stereocenters. The predicted molar refractivity (Wildman–Crippen MR) is 74.3 cm³/mol. The van der Waals surface area contributed by atoms with Gasteiger partial charge in [0.05, 0.1) is 35.3 Å². The van der Waals surface area contributed by atoms with Crippen molar-refractivity contribution in [1.29, 1.82) is 5.26 Å². The van der Waals surface area contributed by atoms with Crippen molar-refractivity contribution in [3.8, 4) is 11.8 Å². The van der Waals surface area contributed by atoms with Crippen LogP contribution in [0.3, 0.4) is 0 Å². The van der Waals surface area contributed by atoms with Crippen LogP contribution < -0.4 is 4.74 Å². The molecule has 0 saturated carbocycles. The van der Waals surface area contributed by atoms with Crippen molar-refractivity contribution in [2.45, 2.75) is 10.6 Å². The molecule has 0 saturated heterocycles. The van der Waals surface area contributed by atoms with Crippen molar-refractivity contribution in [2.24, 2.45) is 0 Å². The lowest BCUT2D eigenvalue weighted by Crippen LogP contribution is -1.97. The molecule has 0 aliphatic carbocycles. The smallest absolute Gasteiger partial charge is 0.120 e. The van der Waals surface area contributed by atoms with E-state index < -0.39 is 10.8 Å². The number of rotatable bonds is 4. The minimum atomic E-state index is -1.15. The van der Waals surface area contributed by atoms with Crippen molar-refractivity contribution in [1.82, 2.24) is 0 Å². The Bertz CT molecular complexity index is 647. The Morgan fingerprint density at radius 1 is 1.21 bits per heavy atom. The Hall–Kier alpha value is -2.12. The SMILES string of the molecule is COc1cccc(S(=O)Cc2cccc(C#N)c2)c1. The zero-order valence-corrected chi connectivity index (χ0v) is 11.3. The number of ether oxygens (including phenoxy) is 1. The van der Waals surface area contributed by atoms with Crippen LogP contribution in [0.4, 0.5) is 0 Å². The molecule has 0 radical (unpaired) electrons. The number of benzene rings is 2. The van der Waals surface area contributed by atoms with E-state index in [0.717, 1.165) is 10.5 Å². The van der Waals surface area contributed by atoms with Crippen molar-refractivity contribution >= 4 is 10.8 Å². The van der Waals surface area contributed by atoms with Gasteiger partial charge in [0.15, 0.2) is 0 Å². The second kappa shape index (κ2) is 6.17. The molecule has 0 aliphatic rings. The van der Waals surface area contributed by atoms with E-state index >= 15 is 0 Å². The fourth-order valence-electron chi connectivity index (χ4n) is 1.71. The Morgan fingerprint density at radius 2 is 2.00 bits per heavy atom. The largest absolute Gasteiger partial charge is 0.497 e. The average molecular weight is 271 g/mol. The first-order valence-electron chi connectivity index (χ1n) is 5.74.